The number of aromatic amines is 3. The Morgan fingerprint density at radius 1 is 0.519 bits per heavy atom. The van der Waals surface area contributed by atoms with Crippen molar-refractivity contribution in [3.63, 3.8) is 0 Å². The second kappa shape index (κ2) is 26.0. The maximum Gasteiger partial charge on any atom is 1.00 e. The van der Waals surface area contributed by atoms with E-state index in [1.165, 1.54) is 101 Å². The van der Waals surface area contributed by atoms with Gasteiger partial charge in [0, 0.05) is 89.3 Å². The molecule has 2 aliphatic heterocycles. The second-order valence-electron chi connectivity index (χ2n) is 24.9. The maximum atomic E-state index is 13.5. The Morgan fingerprint density at radius 3 is 1.25 bits per heavy atom. The number of H-pyrrole nitrogens is 3. The Kier molecular flexibility index (Phi) is 19.3. The van der Waals surface area contributed by atoms with E-state index in [9.17, 15) is 29.1 Å². The van der Waals surface area contributed by atoms with Crippen LogP contribution in [-0.2, 0) is 28.7 Å². The largest absolute Gasteiger partial charge is 1.00 e. The molecule has 9 unspecified atom stereocenters. The van der Waals surface area contributed by atoms with Crippen molar-refractivity contribution < 1.29 is 74.0 Å². The van der Waals surface area contributed by atoms with Gasteiger partial charge in [-0.25, -0.2) is 0 Å². The Balaban J connectivity index is 0.000000150. The zero-order valence-corrected chi connectivity index (χ0v) is 50.4. The molecular weight excluding hydrogens is 1030 g/mol. The normalized spacial score (nSPS) is 24.3. The van der Waals surface area contributed by atoms with E-state index in [4.69, 9.17) is 9.84 Å². The number of likely N-dealkylation sites (tertiary alicyclic amines) is 2. The van der Waals surface area contributed by atoms with Gasteiger partial charge in [0.1, 0.15) is 0 Å². The molecule has 9 atom stereocenters. The molecule has 2 saturated heterocycles. The first kappa shape index (κ1) is 60.2. The number of aliphatic carboxylic acids is 2. The molecule has 7 aliphatic rings. The molecule has 0 radical (unpaired) electrons. The molecule has 2 amide bonds. The van der Waals surface area contributed by atoms with Gasteiger partial charge in [0.15, 0.2) is 0 Å². The van der Waals surface area contributed by atoms with E-state index < -0.39 is 11.9 Å². The van der Waals surface area contributed by atoms with Crippen LogP contribution in [0, 0.1) is 23.7 Å². The van der Waals surface area contributed by atoms with Gasteiger partial charge in [-0.05, 0) is 189 Å². The van der Waals surface area contributed by atoms with Crippen LogP contribution in [0.25, 0.3) is 32.7 Å². The minimum atomic E-state index is -0.735. The molecule has 14 nitrogen and oxygen atoms in total. The van der Waals surface area contributed by atoms with Crippen LogP contribution in [-0.4, -0.2) is 102 Å². The number of ether oxygens (including phenoxy) is 1. The van der Waals surface area contributed by atoms with Crippen molar-refractivity contribution in [1.29, 1.82) is 0 Å². The summed E-state index contributed by atoms with van der Waals surface area (Å²) < 4.78 is 5.08. The zero-order chi connectivity index (χ0) is 55.1. The molecule has 15 heteroatoms. The summed E-state index contributed by atoms with van der Waals surface area (Å²) in [4.78, 5) is 76.0. The number of nitrogens with zero attached hydrogens (tertiary/aromatic N) is 2. The van der Waals surface area contributed by atoms with E-state index >= 15 is 0 Å². The summed E-state index contributed by atoms with van der Waals surface area (Å²) in [5, 5.41) is 22.5. The molecule has 5 aliphatic carbocycles. The predicted molar refractivity (Wildman–Crippen MR) is 310 cm³/mol. The molecule has 0 spiro atoms. The summed E-state index contributed by atoms with van der Waals surface area (Å²) >= 11 is 0. The number of rotatable bonds is 14. The Bertz CT molecular complexity index is 3200. The van der Waals surface area contributed by atoms with Crippen molar-refractivity contribution in [2.24, 2.45) is 23.7 Å². The van der Waals surface area contributed by atoms with Crippen molar-refractivity contribution in [3.8, 4) is 0 Å². The summed E-state index contributed by atoms with van der Waals surface area (Å²) in [5.41, 5.74) is 11.4. The molecule has 5 saturated carbocycles. The Labute approximate surface area is 498 Å². The van der Waals surface area contributed by atoms with Crippen LogP contribution in [0.15, 0.2) is 73.2 Å². The predicted octanol–water partition coefficient (Wildman–Crippen LogP) is 10.6. The molecular formula is C66H84N5NaO9. The summed E-state index contributed by atoms with van der Waals surface area (Å²) in [6.07, 6.45) is 24.4. The summed E-state index contributed by atoms with van der Waals surface area (Å²) in [6, 6.07) is 19.7. The maximum absolute atomic E-state index is 13.5. The van der Waals surface area contributed by atoms with E-state index in [0.717, 1.165) is 88.4 Å². The van der Waals surface area contributed by atoms with Crippen molar-refractivity contribution in [3.05, 3.63) is 107 Å². The van der Waals surface area contributed by atoms with Gasteiger partial charge in [-0.15, -0.1) is 0 Å². The van der Waals surface area contributed by atoms with E-state index in [2.05, 4.69) is 101 Å². The first-order chi connectivity index (χ1) is 38.3. The van der Waals surface area contributed by atoms with Crippen LogP contribution in [0.4, 0.5) is 0 Å². The van der Waals surface area contributed by atoms with Crippen molar-refractivity contribution in [2.75, 3.05) is 20.2 Å². The van der Waals surface area contributed by atoms with E-state index in [1.54, 1.807) is 0 Å². The van der Waals surface area contributed by atoms with Gasteiger partial charge in [0.2, 0.25) is 11.8 Å². The molecule has 7 fully saturated rings. The molecule has 0 bridgehead atoms. The van der Waals surface area contributed by atoms with Gasteiger partial charge in [0.25, 0.3) is 0 Å². The fourth-order valence-electron chi connectivity index (χ4n) is 15.2. The number of methoxy groups -OCH3 is 1. The van der Waals surface area contributed by atoms with Gasteiger partial charge in [0.05, 0.1) is 25.4 Å². The number of esters is 1. The van der Waals surface area contributed by atoms with Gasteiger partial charge in [-0.2, -0.15) is 0 Å². The van der Waals surface area contributed by atoms with E-state index in [-0.39, 0.29) is 113 Å². The number of carboxylic acid groups (broad SMARTS) is 2. The third kappa shape index (κ3) is 12.9. The number of benzene rings is 3. The molecule has 6 aromatic rings. The second-order valence-corrected chi connectivity index (χ2v) is 24.9. The van der Waals surface area contributed by atoms with Gasteiger partial charge >= 0.3 is 47.5 Å². The van der Waals surface area contributed by atoms with Crippen LogP contribution in [0.5, 0.6) is 0 Å². The number of piperidine rings is 2. The number of amides is 2. The minimum Gasteiger partial charge on any atom is -0.870 e. The summed E-state index contributed by atoms with van der Waals surface area (Å²) in [7, 11) is 1.48. The molecule has 3 aromatic heterocycles. The SMILES string of the molecule is CC(CC(=O)N1CCCC2C(C(=O)O)CCCC21)c1c[nH]c2cccc(C3CC3)c12.CC(CC(=O)O)c1c[nH]c2cccc(C3CC3)c12.COC(=O)C1CCCC2C1CCCN2C(=O)CC(C)c1c[nH]c2cccc(C3CC3)c12.[Na+].[OH-]. The molecule has 81 heavy (non-hydrogen) atoms. The first-order valence-corrected chi connectivity index (χ1v) is 30.2. The number of hydrogen-bond acceptors (Lipinski definition) is 7. The first-order valence-electron chi connectivity index (χ1n) is 30.2. The molecule has 3 aromatic carbocycles. The van der Waals surface area contributed by atoms with E-state index in [1.807, 2.05) is 18.0 Å². The van der Waals surface area contributed by atoms with Crippen LogP contribution in [0.3, 0.4) is 0 Å². The van der Waals surface area contributed by atoms with Crippen LogP contribution in [0.1, 0.15) is 212 Å². The summed E-state index contributed by atoms with van der Waals surface area (Å²) in [6.45, 7) is 7.93. The number of fused-ring (bicyclic) bond motifs is 5. The smallest absolute Gasteiger partial charge is 0.870 e. The van der Waals surface area contributed by atoms with Crippen molar-refractivity contribution >= 4 is 62.4 Å². The van der Waals surface area contributed by atoms with Gasteiger partial charge in [-0.1, -0.05) is 70.0 Å². The Morgan fingerprint density at radius 2 is 0.889 bits per heavy atom. The van der Waals surface area contributed by atoms with Crippen molar-refractivity contribution in [1.82, 2.24) is 24.8 Å². The van der Waals surface area contributed by atoms with Crippen LogP contribution in [0.2, 0.25) is 0 Å². The molecule has 13 rings (SSSR count). The number of aromatic nitrogens is 3. The number of carbonyl (C=O) groups excluding carboxylic acids is 3. The third-order valence-corrected chi connectivity index (χ3v) is 19.6. The third-order valence-electron chi connectivity index (χ3n) is 19.6. The quantitative estimate of drug-likeness (QED) is 0.0517. The standard InChI is InChI=1S/C26H34N2O3.C25H32N2O3.C15H17NO2.Na.H2O/c1-16(21-15-27-22-9-3-6-18(25(21)22)17-11-12-17)14-24(29)28-13-5-8-19-20(26(30)31-2)7-4-10-23(19)28;1-15(20-14-26-21-8-2-5-17(24(20)21)16-10-11-16)13-23(28)27-12-4-7-18-19(25(29)30)6-3-9-22(18)27;1-9(7-14(17)18)12-8-16-13-4-2-3-11(15(12)13)10-5-6-10;;/h3,6,9,15-17,19-20,23,27H,4-5,7-8,10-14H2,1-2H3;2,5,8,14-16,18-19,22,26H,3-4,6-7,9-13H2,1H3,(H,29,30);2-4,8-10,16H,5-7H2,1H3,(H,17,18);;1H2/q;;;+1;/p-1. The average molecular weight is 1110 g/mol. The van der Waals surface area contributed by atoms with Crippen LogP contribution < -0.4 is 29.6 Å². The molecule has 6 N–H and O–H groups in total. The Hall–Kier alpha value is -5.41. The average Bonchev–Trinajstić information content (AvgIpc) is 4.49. The number of hydrogen-bond donors (Lipinski definition) is 5. The van der Waals surface area contributed by atoms with Gasteiger partial charge in [-0.3, -0.25) is 24.0 Å². The molecule has 5 heterocycles. The number of nitrogens with one attached hydrogen (secondary N) is 3. The monoisotopic (exact) mass is 1110 g/mol. The van der Waals surface area contributed by atoms with E-state index in [0.29, 0.717) is 30.6 Å². The molecule has 428 valence electrons. The topological polar surface area (TPSA) is 219 Å². The number of carbonyl (C=O) groups is 5. The fourth-order valence-corrected chi connectivity index (χ4v) is 15.2. The zero-order valence-electron chi connectivity index (χ0n) is 48.4. The minimum absolute atomic E-state index is 0. The van der Waals surface area contributed by atoms with Crippen molar-refractivity contribution in [2.45, 2.75) is 190 Å². The number of carboxylic acids is 2. The summed E-state index contributed by atoms with van der Waals surface area (Å²) in [5.74, 6) is 1.37. The fraction of sp³-hybridized carbons (Fsp3) is 0.561. The van der Waals surface area contributed by atoms with Crippen LogP contribution >= 0.6 is 0 Å². The van der Waals surface area contributed by atoms with Gasteiger partial charge < -0.3 is 45.2 Å².